The lowest BCUT2D eigenvalue weighted by molar-refractivity contribution is 0.0708. The van der Waals surface area contributed by atoms with E-state index in [1.807, 2.05) is 22.6 Å². The first-order valence-corrected chi connectivity index (χ1v) is 9.11. The van der Waals surface area contributed by atoms with Crippen molar-refractivity contribution in [3.05, 3.63) is 65.1 Å². The Hall–Kier alpha value is -3.32. The number of nitrogens with two attached hydrogens (primary N) is 1. The fraction of sp³-hybridized carbons (Fsp3) is 0.150. The zero-order valence-corrected chi connectivity index (χ0v) is 15.7. The van der Waals surface area contributed by atoms with Crippen molar-refractivity contribution in [3.63, 3.8) is 0 Å². The van der Waals surface area contributed by atoms with Crippen LogP contribution in [0.3, 0.4) is 0 Å². The predicted molar refractivity (Wildman–Crippen MR) is 107 cm³/mol. The minimum Gasteiger partial charge on any atom is -0.491 e. The van der Waals surface area contributed by atoms with Gasteiger partial charge in [0.1, 0.15) is 23.7 Å². The molecule has 5 rings (SSSR count). The van der Waals surface area contributed by atoms with Gasteiger partial charge < -0.3 is 15.4 Å². The molecule has 0 fully saturated rings. The smallest absolute Gasteiger partial charge is 0.254 e. The number of amides is 1. The highest BCUT2D eigenvalue weighted by molar-refractivity contribution is 6.30. The van der Waals surface area contributed by atoms with Crippen molar-refractivity contribution in [3.8, 4) is 5.75 Å². The van der Waals surface area contributed by atoms with Gasteiger partial charge in [0.05, 0.1) is 29.6 Å². The number of fused-ring (bicyclic) bond motifs is 4. The normalized spacial score (nSPS) is 15.6. The van der Waals surface area contributed by atoms with Gasteiger partial charge in [0.2, 0.25) is 0 Å². The predicted octanol–water partition coefficient (Wildman–Crippen LogP) is 3.32. The number of nitrogens with zero attached hydrogens (tertiary/aromatic N) is 4. The van der Waals surface area contributed by atoms with Crippen molar-refractivity contribution < 1.29 is 9.53 Å². The fourth-order valence-electron chi connectivity index (χ4n) is 3.64. The van der Waals surface area contributed by atoms with Gasteiger partial charge in [-0.2, -0.15) is 0 Å². The maximum absolute atomic E-state index is 13.2. The summed E-state index contributed by atoms with van der Waals surface area (Å²) in [5.41, 5.74) is 9.67. The van der Waals surface area contributed by atoms with Crippen LogP contribution < -0.4 is 10.5 Å². The van der Waals surface area contributed by atoms with Crippen LogP contribution in [-0.2, 0) is 0 Å². The minimum absolute atomic E-state index is 0.108. The number of halogens is 1. The van der Waals surface area contributed by atoms with Gasteiger partial charge >= 0.3 is 0 Å². The largest absolute Gasteiger partial charge is 0.491 e. The average Bonchev–Trinajstić information content (AvgIpc) is 3.34. The summed E-state index contributed by atoms with van der Waals surface area (Å²) in [6.45, 7) is 0.398. The molecule has 2 N–H and O–H groups in total. The SMILES string of the molecule is CN(C(=O)c1ccc2nc(N)c3cncn3c2c1)C1COc2cc(Cl)ccc21. The molecule has 0 bridgehead atoms. The molecule has 1 aliphatic heterocycles. The molecule has 1 aliphatic rings. The number of carbonyl (C=O) groups excluding carboxylic acids is 1. The van der Waals surface area contributed by atoms with E-state index in [1.54, 1.807) is 42.7 Å². The highest BCUT2D eigenvalue weighted by Crippen LogP contribution is 2.37. The van der Waals surface area contributed by atoms with Gasteiger partial charge in [-0.05, 0) is 30.3 Å². The van der Waals surface area contributed by atoms with E-state index in [4.69, 9.17) is 22.1 Å². The van der Waals surface area contributed by atoms with E-state index < -0.39 is 0 Å². The monoisotopic (exact) mass is 393 g/mol. The Labute approximate surface area is 165 Å². The number of hydrogen-bond acceptors (Lipinski definition) is 5. The third kappa shape index (κ3) is 2.47. The van der Waals surface area contributed by atoms with Crippen molar-refractivity contribution in [1.82, 2.24) is 19.3 Å². The van der Waals surface area contributed by atoms with E-state index in [9.17, 15) is 4.79 Å². The van der Waals surface area contributed by atoms with Gasteiger partial charge in [0, 0.05) is 23.2 Å². The van der Waals surface area contributed by atoms with Gasteiger partial charge in [-0.3, -0.25) is 9.20 Å². The third-order valence-corrected chi connectivity index (χ3v) is 5.38. The number of benzene rings is 2. The average molecular weight is 394 g/mol. The second-order valence-corrected chi connectivity index (χ2v) is 7.21. The van der Waals surface area contributed by atoms with Crippen LogP contribution in [-0.4, -0.2) is 38.8 Å². The van der Waals surface area contributed by atoms with Gasteiger partial charge in [-0.1, -0.05) is 17.7 Å². The Bertz CT molecular complexity index is 1250. The molecule has 2 aromatic heterocycles. The highest BCUT2D eigenvalue weighted by Gasteiger charge is 2.31. The number of ether oxygens (including phenoxy) is 1. The van der Waals surface area contributed by atoms with E-state index in [1.165, 1.54) is 0 Å². The molecule has 0 saturated heterocycles. The van der Waals surface area contributed by atoms with Crippen LogP contribution in [0.4, 0.5) is 5.82 Å². The van der Waals surface area contributed by atoms with Gasteiger partial charge in [0.15, 0.2) is 0 Å². The van der Waals surface area contributed by atoms with Crippen LogP contribution in [0.15, 0.2) is 48.9 Å². The Balaban J connectivity index is 1.54. The van der Waals surface area contributed by atoms with Crippen LogP contribution in [0.5, 0.6) is 5.75 Å². The molecule has 0 radical (unpaired) electrons. The summed E-state index contributed by atoms with van der Waals surface area (Å²) in [5, 5.41) is 0.610. The lowest BCUT2D eigenvalue weighted by Gasteiger charge is -2.24. The summed E-state index contributed by atoms with van der Waals surface area (Å²) in [4.78, 5) is 23.4. The lowest BCUT2D eigenvalue weighted by atomic mass is 10.1. The first-order chi connectivity index (χ1) is 13.5. The van der Waals surface area contributed by atoms with Crippen LogP contribution in [0.1, 0.15) is 22.0 Å². The minimum atomic E-state index is -0.173. The number of imidazole rings is 1. The number of aromatic nitrogens is 3. The first kappa shape index (κ1) is 16.8. The van der Waals surface area contributed by atoms with E-state index in [0.29, 0.717) is 34.0 Å². The Morgan fingerprint density at radius 1 is 1.29 bits per heavy atom. The molecule has 7 nitrogen and oxygen atoms in total. The molecule has 8 heteroatoms. The summed E-state index contributed by atoms with van der Waals surface area (Å²) in [5.74, 6) is 1.01. The molecule has 2 aromatic carbocycles. The lowest BCUT2D eigenvalue weighted by Crippen LogP contribution is -2.32. The number of likely N-dealkylation sites (N-methyl/N-ethyl adjacent to an activating group) is 1. The molecular formula is C20H16ClN5O2. The fourth-order valence-corrected chi connectivity index (χ4v) is 3.80. The summed E-state index contributed by atoms with van der Waals surface area (Å²) < 4.78 is 7.55. The highest BCUT2D eigenvalue weighted by atomic mass is 35.5. The molecule has 4 aromatic rings. The second kappa shape index (κ2) is 6.10. The van der Waals surface area contributed by atoms with Crippen molar-refractivity contribution in [1.29, 1.82) is 0 Å². The van der Waals surface area contributed by atoms with Gasteiger partial charge in [-0.25, -0.2) is 9.97 Å². The molecule has 3 heterocycles. The molecule has 140 valence electrons. The summed E-state index contributed by atoms with van der Waals surface area (Å²) >= 11 is 6.03. The summed E-state index contributed by atoms with van der Waals surface area (Å²) in [6, 6.07) is 10.7. The molecule has 1 unspecified atom stereocenters. The molecule has 0 aliphatic carbocycles. The Morgan fingerprint density at radius 2 is 2.14 bits per heavy atom. The maximum Gasteiger partial charge on any atom is 0.254 e. The Morgan fingerprint density at radius 3 is 3.00 bits per heavy atom. The second-order valence-electron chi connectivity index (χ2n) is 6.77. The number of anilines is 1. The molecule has 28 heavy (non-hydrogen) atoms. The standard InChI is InChI=1S/C20H16ClN5O2/c1-25(17-9-28-18-7-12(21)3-4-13(17)18)20(27)11-2-5-14-15(6-11)26-10-23-8-16(26)19(22)24-14/h2-8,10,17H,9H2,1H3,(H2,22,24). The van der Waals surface area contributed by atoms with Crippen molar-refractivity contribution in [2.45, 2.75) is 6.04 Å². The van der Waals surface area contributed by atoms with Crippen LogP contribution >= 0.6 is 11.6 Å². The van der Waals surface area contributed by atoms with Crippen LogP contribution in [0.25, 0.3) is 16.6 Å². The van der Waals surface area contributed by atoms with Crippen LogP contribution in [0, 0.1) is 0 Å². The molecule has 1 amide bonds. The Kier molecular flexibility index (Phi) is 3.67. The topological polar surface area (TPSA) is 85.8 Å². The van der Waals surface area contributed by atoms with Crippen molar-refractivity contribution in [2.75, 3.05) is 19.4 Å². The van der Waals surface area contributed by atoms with Crippen molar-refractivity contribution >= 4 is 39.9 Å². The first-order valence-electron chi connectivity index (χ1n) is 8.73. The number of nitrogen functional groups attached to an aromatic ring is 1. The molecular weight excluding hydrogens is 378 g/mol. The number of carbonyl (C=O) groups is 1. The van der Waals surface area contributed by atoms with Crippen molar-refractivity contribution in [2.24, 2.45) is 0 Å². The van der Waals surface area contributed by atoms with E-state index >= 15 is 0 Å². The molecule has 0 saturated carbocycles. The summed E-state index contributed by atoms with van der Waals surface area (Å²) in [7, 11) is 1.78. The number of rotatable bonds is 2. The zero-order chi connectivity index (χ0) is 19.4. The van der Waals surface area contributed by atoms with Crippen LogP contribution in [0.2, 0.25) is 5.02 Å². The third-order valence-electron chi connectivity index (χ3n) is 5.14. The quantitative estimate of drug-likeness (QED) is 0.564. The van der Waals surface area contributed by atoms with Gasteiger partial charge in [-0.15, -0.1) is 0 Å². The van der Waals surface area contributed by atoms with E-state index in [0.717, 1.165) is 16.8 Å². The number of hydrogen-bond donors (Lipinski definition) is 1. The maximum atomic E-state index is 13.2. The zero-order valence-electron chi connectivity index (χ0n) is 15.0. The van der Waals surface area contributed by atoms with E-state index in [-0.39, 0.29) is 11.9 Å². The molecule has 0 spiro atoms. The van der Waals surface area contributed by atoms with E-state index in [2.05, 4.69) is 9.97 Å². The van der Waals surface area contributed by atoms with Gasteiger partial charge in [0.25, 0.3) is 5.91 Å². The summed E-state index contributed by atoms with van der Waals surface area (Å²) in [6.07, 6.45) is 3.32. The molecule has 1 atom stereocenters.